The van der Waals surface area contributed by atoms with Crippen LogP contribution in [-0.4, -0.2) is 5.16 Å². The summed E-state index contributed by atoms with van der Waals surface area (Å²) >= 11 is 0. The molecule has 0 spiro atoms. The molecular weight excluding hydrogens is 188 g/mol. The molecule has 0 saturated carbocycles. The van der Waals surface area contributed by atoms with Crippen LogP contribution in [0, 0.1) is 6.92 Å². The van der Waals surface area contributed by atoms with Crippen molar-refractivity contribution in [1.82, 2.24) is 5.16 Å². The molecule has 1 aromatic heterocycles. The van der Waals surface area contributed by atoms with Crippen LogP contribution in [0.3, 0.4) is 0 Å². The summed E-state index contributed by atoms with van der Waals surface area (Å²) in [7, 11) is 0. The molecule has 15 heavy (non-hydrogen) atoms. The van der Waals surface area contributed by atoms with Gasteiger partial charge < -0.3 is 10.3 Å². The highest BCUT2D eigenvalue weighted by Gasteiger charge is 2.15. The van der Waals surface area contributed by atoms with Crippen LogP contribution in [-0.2, 0) is 6.42 Å². The SMILES string of the molecule is CCc1noc(N)c1-c1ccccc1C. The van der Waals surface area contributed by atoms with Crippen LogP contribution >= 0.6 is 0 Å². The van der Waals surface area contributed by atoms with Gasteiger partial charge in [-0.3, -0.25) is 0 Å². The average Bonchev–Trinajstić information content (AvgIpc) is 2.60. The van der Waals surface area contributed by atoms with Gasteiger partial charge in [-0.2, -0.15) is 0 Å². The molecule has 0 unspecified atom stereocenters. The van der Waals surface area contributed by atoms with Crippen molar-refractivity contribution in [2.24, 2.45) is 0 Å². The first-order valence-electron chi connectivity index (χ1n) is 5.04. The van der Waals surface area contributed by atoms with Crippen LogP contribution in [0.5, 0.6) is 0 Å². The number of aromatic nitrogens is 1. The smallest absolute Gasteiger partial charge is 0.230 e. The number of hydrogen-bond donors (Lipinski definition) is 1. The zero-order valence-electron chi connectivity index (χ0n) is 8.95. The van der Waals surface area contributed by atoms with Gasteiger partial charge in [-0.1, -0.05) is 36.3 Å². The second kappa shape index (κ2) is 3.77. The molecule has 2 rings (SSSR count). The van der Waals surface area contributed by atoms with E-state index in [0.717, 1.165) is 23.2 Å². The van der Waals surface area contributed by atoms with Crippen molar-refractivity contribution in [2.45, 2.75) is 20.3 Å². The number of nitrogen functional groups attached to an aromatic ring is 1. The van der Waals surface area contributed by atoms with E-state index < -0.39 is 0 Å². The summed E-state index contributed by atoms with van der Waals surface area (Å²) in [5, 5.41) is 3.95. The Kier molecular flexibility index (Phi) is 2.46. The Balaban J connectivity index is 2.63. The van der Waals surface area contributed by atoms with E-state index >= 15 is 0 Å². The maximum absolute atomic E-state index is 5.79. The van der Waals surface area contributed by atoms with Crippen molar-refractivity contribution in [3.05, 3.63) is 35.5 Å². The lowest BCUT2D eigenvalue weighted by Gasteiger charge is -2.04. The number of nitrogens with zero attached hydrogens (tertiary/aromatic N) is 1. The zero-order chi connectivity index (χ0) is 10.8. The van der Waals surface area contributed by atoms with E-state index in [9.17, 15) is 0 Å². The molecule has 0 aliphatic carbocycles. The zero-order valence-corrected chi connectivity index (χ0v) is 8.95. The van der Waals surface area contributed by atoms with E-state index in [2.05, 4.69) is 18.1 Å². The topological polar surface area (TPSA) is 52.0 Å². The summed E-state index contributed by atoms with van der Waals surface area (Å²) in [6, 6.07) is 8.10. The second-order valence-corrected chi connectivity index (χ2v) is 3.54. The Hall–Kier alpha value is -1.77. The lowest BCUT2D eigenvalue weighted by Crippen LogP contribution is -1.91. The van der Waals surface area contributed by atoms with Crippen LogP contribution in [0.1, 0.15) is 18.2 Å². The normalized spacial score (nSPS) is 10.5. The molecule has 0 bridgehead atoms. The summed E-state index contributed by atoms with van der Waals surface area (Å²) in [6.07, 6.45) is 0.824. The number of benzene rings is 1. The number of aryl methyl sites for hydroxylation is 2. The molecule has 0 atom stereocenters. The molecule has 0 aliphatic heterocycles. The van der Waals surface area contributed by atoms with E-state index in [1.165, 1.54) is 5.56 Å². The van der Waals surface area contributed by atoms with Gasteiger partial charge in [0.1, 0.15) is 0 Å². The molecule has 1 heterocycles. The van der Waals surface area contributed by atoms with Crippen molar-refractivity contribution in [1.29, 1.82) is 0 Å². The summed E-state index contributed by atoms with van der Waals surface area (Å²) in [6.45, 7) is 4.10. The van der Waals surface area contributed by atoms with Gasteiger partial charge in [-0.15, -0.1) is 0 Å². The van der Waals surface area contributed by atoms with Crippen molar-refractivity contribution in [3.63, 3.8) is 0 Å². The molecule has 78 valence electrons. The fourth-order valence-electron chi connectivity index (χ4n) is 1.72. The summed E-state index contributed by atoms with van der Waals surface area (Å²) < 4.78 is 5.02. The Morgan fingerprint density at radius 3 is 2.73 bits per heavy atom. The van der Waals surface area contributed by atoms with Crippen molar-refractivity contribution >= 4 is 5.88 Å². The van der Waals surface area contributed by atoms with Crippen LogP contribution in [0.25, 0.3) is 11.1 Å². The first-order chi connectivity index (χ1) is 7.24. The highest BCUT2D eigenvalue weighted by atomic mass is 16.5. The molecule has 3 nitrogen and oxygen atoms in total. The van der Waals surface area contributed by atoms with Crippen molar-refractivity contribution in [3.8, 4) is 11.1 Å². The minimum atomic E-state index is 0.404. The number of rotatable bonds is 2. The van der Waals surface area contributed by atoms with Crippen LogP contribution in [0.4, 0.5) is 5.88 Å². The minimum Gasteiger partial charge on any atom is -0.367 e. The van der Waals surface area contributed by atoms with Crippen LogP contribution in [0.15, 0.2) is 28.8 Å². The largest absolute Gasteiger partial charge is 0.367 e. The van der Waals surface area contributed by atoms with Gasteiger partial charge in [0.25, 0.3) is 0 Å². The van der Waals surface area contributed by atoms with E-state index in [-0.39, 0.29) is 0 Å². The first-order valence-corrected chi connectivity index (χ1v) is 5.04. The molecular formula is C12H14N2O. The fourth-order valence-corrected chi connectivity index (χ4v) is 1.72. The Morgan fingerprint density at radius 1 is 1.33 bits per heavy atom. The highest BCUT2D eigenvalue weighted by Crippen LogP contribution is 2.31. The molecule has 0 radical (unpaired) electrons. The van der Waals surface area contributed by atoms with E-state index in [1.54, 1.807) is 0 Å². The quantitative estimate of drug-likeness (QED) is 0.814. The maximum Gasteiger partial charge on any atom is 0.230 e. The van der Waals surface area contributed by atoms with Gasteiger partial charge in [0.2, 0.25) is 5.88 Å². The predicted molar refractivity (Wildman–Crippen MR) is 60.5 cm³/mol. The van der Waals surface area contributed by atoms with Gasteiger partial charge in [0.15, 0.2) is 0 Å². The standard InChI is InChI=1S/C12H14N2O/c1-3-10-11(12(13)15-14-10)9-7-5-4-6-8(9)2/h4-7H,3,13H2,1-2H3. The van der Waals surface area contributed by atoms with E-state index in [0.29, 0.717) is 5.88 Å². The molecule has 0 saturated heterocycles. The number of anilines is 1. The summed E-state index contributed by atoms with van der Waals surface area (Å²) in [5.41, 5.74) is 9.93. The maximum atomic E-state index is 5.79. The van der Waals surface area contributed by atoms with Crippen molar-refractivity contribution < 1.29 is 4.52 Å². The molecule has 2 N–H and O–H groups in total. The van der Waals surface area contributed by atoms with Crippen LogP contribution in [0.2, 0.25) is 0 Å². The molecule has 1 aromatic carbocycles. The minimum absolute atomic E-state index is 0.404. The van der Waals surface area contributed by atoms with Crippen LogP contribution < -0.4 is 5.73 Å². The first kappa shape index (κ1) is 9.77. The van der Waals surface area contributed by atoms with Crippen molar-refractivity contribution in [2.75, 3.05) is 5.73 Å². The molecule has 2 aromatic rings. The fraction of sp³-hybridized carbons (Fsp3) is 0.250. The predicted octanol–water partition coefficient (Wildman–Crippen LogP) is 2.79. The van der Waals surface area contributed by atoms with Gasteiger partial charge in [0.05, 0.1) is 11.3 Å². The highest BCUT2D eigenvalue weighted by molar-refractivity contribution is 5.77. The van der Waals surface area contributed by atoms with Gasteiger partial charge in [-0.25, -0.2) is 0 Å². The summed E-state index contributed by atoms with van der Waals surface area (Å²) in [4.78, 5) is 0. The average molecular weight is 202 g/mol. The third-order valence-corrected chi connectivity index (χ3v) is 2.54. The Labute approximate surface area is 88.9 Å². The van der Waals surface area contributed by atoms with Gasteiger partial charge >= 0.3 is 0 Å². The molecule has 0 amide bonds. The molecule has 0 fully saturated rings. The second-order valence-electron chi connectivity index (χ2n) is 3.54. The van der Waals surface area contributed by atoms with Gasteiger partial charge in [-0.05, 0) is 24.5 Å². The number of nitrogens with two attached hydrogens (primary N) is 1. The molecule has 3 heteroatoms. The third-order valence-electron chi connectivity index (χ3n) is 2.54. The Morgan fingerprint density at radius 2 is 2.07 bits per heavy atom. The Bertz CT molecular complexity index is 474. The van der Waals surface area contributed by atoms with E-state index in [4.69, 9.17) is 10.3 Å². The monoisotopic (exact) mass is 202 g/mol. The summed E-state index contributed by atoms with van der Waals surface area (Å²) in [5.74, 6) is 0.404. The molecule has 0 aliphatic rings. The number of hydrogen-bond acceptors (Lipinski definition) is 3. The van der Waals surface area contributed by atoms with Gasteiger partial charge in [0, 0.05) is 0 Å². The lowest BCUT2D eigenvalue weighted by molar-refractivity contribution is 0.428. The third kappa shape index (κ3) is 1.61. The lowest BCUT2D eigenvalue weighted by atomic mass is 10.00. The van der Waals surface area contributed by atoms with E-state index in [1.807, 2.05) is 25.1 Å².